The molecule has 0 aliphatic carbocycles. The number of carbonyl (C=O) groups excluding carboxylic acids is 1. The van der Waals surface area contributed by atoms with E-state index in [1.54, 1.807) is 36.4 Å². The zero-order valence-electron chi connectivity index (χ0n) is 14.6. The van der Waals surface area contributed by atoms with E-state index in [-0.39, 0.29) is 17.9 Å². The summed E-state index contributed by atoms with van der Waals surface area (Å²) in [4.78, 5) is 24.6. The second-order valence-corrected chi connectivity index (χ2v) is 5.44. The molecule has 0 saturated heterocycles. The number of nitrogens with zero attached hydrogens (tertiary/aromatic N) is 3. The summed E-state index contributed by atoms with van der Waals surface area (Å²) in [5.74, 6) is 0.227. The molecular weight excluding hydrogens is 350 g/mol. The number of esters is 1. The Kier molecular flexibility index (Phi) is 5.46. The van der Waals surface area contributed by atoms with Gasteiger partial charge in [-0.15, -0.1) is 5.10 Å². The van der Waals surface area contributed by atoms with Crippen LogP contribution >= 0.6 is 0 Å². The molecule has 138 valence electrons. The summed E-state index contributed by atoms with van der Waals surface area (Å²) in [5, 5.41) is 8.11. The lowest BCUT2D eigenvalue weighted by Gasteiger charge is -2.11. The summed E-state index contributed by atoms with van der Waals surface area (Å²) in [6.45, 7) is 3.53. The highest BCUT2D eigenvalue weighted by Crippen LogP contribution is 2.28. The Hall–Kier alpha value is -3.68. The van der Waals surface area contributed by atoms with Gasteiger partial charge in [-0.2, -0.15) is 4.68 Å². The smallest absolute Gasteiger partial charge is 0.340 e. The molecular formula is C19H17N3O5. The van der Waals surface area contributed by atoms with E-state index in [2.05, 4.69) is 16.9 Å². The van der Waals surface area contributed by atoms with Gasteiger partial charge in [0.05, 0.1) is 18.1 Å². The van der Waals surface area contributed by atoms with Crippen molar-refractivity contribution in [1.82, 2.24) is 15.0 Å². The van der Waals surface area contributed by atoms with Crippen LogP contribution in [0.2, 0.25) is 0 Å². The zero-order valence-corrected chi connectivity index (χ0v) is 14.6. The number of benzene rings is 2. The fourth-order valence-corrected chi connectivity index (χ4v) is 2.37. The molecule has 0 amide bonds. The second-order valence-electron chi connectivity index (χ2n) is 5.44. The van der Waals surface area contributed by atoms with Crippen LogP contribution in [0.25, 0.3) is 10.9 Å². The Labute approximate surface area is 154 Å². The van der Waals surface area contributed by atoms with Crippen LogP contribution in [0.1, 0.15) is 10.4 Å². The normalized spacial score (nSPS) is 10.4. The first-order valence-electron chi connectivity index (χ1n) is 8.05. The van der Waals surface area contributed by atoms with Crippen molar-refractivity contribution in [3.05, 3.63) is 71.0 Å². The third-order valence-electron chi connectivity index (χ3n) is 3.70. The Balaban J connectivity index is 1.75. The number of ether oxygens (including phenoxy) is 3. The Bertz CT molecular complexity index is 1040. The fraction of sp³-hybridized carbons (Fsp3) is 0.158. The van der Waals surface area contributed by atoms with Gasteiger partial charge in [0, 0.05) is 0 Å². The quantitative estimate of drug-likeness (QED) is 0.467. The van der Waals surface area contributed by atoms with Crippen molar-refractivity contribution in [3.63, 3.8) is 0 Å². The molecule has 0 bridgehead atoms. The predicted octanol–water partition coefficient (Wildman–Crippen LogP) is 2.18. The van der Waals surface area contributed by atoms with Crippen LogP contribution in [0.15, 0.2) is 59.9 Å². The van der Waals surface area contributed by atoms with E-state index < -0.39 is 5.97 Å². The van der Waals surface area contributed by atoms with Gasteiger partial charge in [0.25, 0.3) is 5.56 Å². The van der Waals surface area contributed by atoms with Crippen LogP contribution in [0.3, 0.4) is 0 Å². The van der Waals surface area contributed by atoms with Crippen LogP contribution in [0.5, 0.6) is 11.5 Å². The lowest BCUT2D eigenvalue weighted by Crippen LogP contribution is -2.26. The van der Waals surface area contributed by atoms with Crippen molar-refractivity contribution in [2.45, 2.75) is 6.73 Å². The van der Waals surface area contributed by atoms with Gasteiger partial charge in [-0.05, 0) is 30.3 Å². The van der Waals surface area contributed by atoms with E-state index in [0.29, 0.717) is 29.0 Å². The number of aromatic nitrogens is 3. The molecule has 8 nitrogen and oxygen atoms in total. The van der Waals surface area contributed by atoms with Crippen LogP contribution < -0.4 is 15.0 Å². The number of methoxy groups -OCH3 is 1. The first kappa shape index (κ1) is 18.1. The monoisotopic (exact) mass is 367 g/mol. The van der Waals surface area contributed by atoms with E-state index in [4.69, 9.17) is 14.2 Å². The summed E-state index contributed by atoms with van der Waals surface area (Å²) in [7, 11) is 1.47. The summed E-state index contributed by atoms with van der Waals surface area (Å²) >= 11 is 0. The van der Waals surface area contributed by atoms with Gasteiger partial charge in [-0.3, -0.25) is 4.79 Å². The van der Waals surface area contributed by atoms with E-state index in [1.807, 2.05) is 0 Å². The molecule has 0 atom stereocenters. The van der Waals surface area contributed by atoms with Gasteiger partial charge in [-0.25, -0.2) is 4.79 Å². The number of fused-ring (bicyclic) bond motifs is 1. The van der Waals surface area contributed by atoms with Crippen LogP contribution in [0, 0.1) is 0 Å². The third kappa shape index (κ3) is 3.95. The lowest BCUT2D eigenvalue weighted by molar-refractivity contribution is 0.0335. The van der Waals surface area contributed by atoms with Crippen LogP contribution in [-0.4, -0.2) is 34.7 Å². The highest BCUT2D eigenvalue weighted by atomic mass is 16.5. The van der Waals surface area contributed by atoms with E-state index in [0.717, 1.165) is 4.68 Å². The van der Waals surface area contributed by atoms with Crippen molar-refractivity contribution >= 4 is 16.9 Å². The van der Waals surface area contributed by atoms with E-state index in [9.17, 15) is 9.59 Å². The summed E-state index contributed by atoms with van der Waals surface area (Å²) in [5.41, 5.74) is 0.337. The standard InChI is InChI=1S/C19H17N3O5/c1-3-10-26-16-9-8-13(11-17(16)25-2)19(24)27-12-22-18(23)14-6-4-5-7-15(14)20-21-22/h3-9,11H,1,10,12H2,2H3. The topological polar surface area (TPSA) is 92.5 Å². The molecule has 27 heavy (non-hydrogen) atoms. The minimum Gasteiger partial charge on any atom is -0.493 e. The average molecular weight is 367 g/mol. The van der Waals surface area contributed by atoms with Gasteiger partial charge in [-0.1, -0.05) is 30.0 Å². The van der Waals surface area contributed by atoms with Crippen LogP contribution in [0.4, 0.5) is 0 Å². The van der Waals surface area contributed by atoms with E-state index in [1.165, 1.54) is 19.2 Å². The summed E-state index contributed by atoms with van der Waals surface area (Å²) in [6, 6.07) is 11.4. The molecule has 0 spiro atoms. The van der Waals surface area contributed by atoms with E-state index >= 15 is 0 Å². The number of hydrogen-bond donors (Lipinski definition) is 0. The van der Waals surface area contributed by atoms with Crippen molar-refractivity contribution in [2.75, 3.05) is 13.7 Å². The van der Waals surface area contributed by atoms with Gasteiger partial charge in [0.2, 0.25) is 0 Å². The SMILES string of the molecule is C=CCOc1ccc(C(=O)OCn2nnc3ccccc3c2=O)cc1OC. The summed E-state index contributed by atoms with van der Waals surface area (Å²) in [6.07, 6.45) is 1.60. The minimum absolute atomic E-state index is 0.250. The van der Waals surface area contributed by atoms with Gasteiger partial charge in [0.1, 0.15) is 12.1 Å². The molecule has 3 aromatic rings. The van der Waals surface area contributed by atoms with Crippen molar-refractivity contribution < 1.29 is 19.0 Å². The molecule has 3 rings (SSSR count). The van der Waals surface area contributed by atoms with Gasteiger partial charge < -0.3 is 14.2 Å². The molecule has 1 heterocycles. The molecule has 0 fully saturated rings. The van der Waals surface area contributed by atoms with Crippen molar-refractivity contribution in [3.8, 4) is 11.5 Å². The highest BCUT2D eigenvalue weighted by molar-refractivity contribution is 5.90. The van der Waals surface area contributed by atoms with Gasteiger partial charge >= 0.3 is 5.97 Å². The van der Waals surface area contributed by atoms with Crippen molar-refractivity contribution in [2.24, 2.45) is 0 Å². The Morgan fingerprint density at radius 2 is 2.04 bits per heavy atom. The average Bonchev–Trinajstić information content (AvgIpc) is 2.71. The van der Waals surface area contributed by atoms with Crippen molar-refractivity contribution in [1.29, 1.82) is 0 Å². The molecule has 0 aliphatic heterocycles. The molecule has 2 aromatic carbocycles. The Morgan fingerprint density at radius 3 is 2.81 bits per heavy atom. The molecule has 0 aliphatic rings. The molecule has 0 radical (unpaired) electrons. The first-order chi connectivity index (χ1) is 13.1. The maximum Gasteiger partial charge on any atom is 0.340 e. The molecule has 0 saturated carbocycles. The number of rotatable bonds is 7. The Morgan fingerprint density at radius 1 is 1.22 bits per heavy atom. The largest absolute Gasteiger partial charge is 0.493 e. The third-order valence-corrected chi connectivity index (χ3v) is 3.70. The molecule has 1 aromatic heterocycles. The minimum atomic E-state index is -0.634. The lowest BCUT2D eigenvalue weighted by atomic mass is 10.2. The molecule has 0 unspecified atom stereocenters. The van der Waals surface area contributed by atoms with Gasteiger partial charge in [0.15, 0.2) is 18.2 Å². The molecule has 8 heteroatoms. The van der Waals surface area contributed by atoms with Crippen LogP contribution in [-0.2, 0) is 11.5 Å². The second kappa shape index (κ2) is 8.13. The zero-order chi connectivity index (χ0) is 19.2. The molecule has 0 N–H and O–H groups in total. The maximum atomic E-state index is 12.3. The number of hydrogen-bond acceptors (Lipinski definition) is 7. The first-order valence-corrected chi connectivity index (χ1v) is 8.05. The predicted molar refractivity (Wildman–Crippen MR) is 97.9 cm³/mol. The summed E-state index contributed by atoms with van der Waals surface area (Å²) < 4.78 is 16.8. The highest BCUT2D eigenvalue weighted by Gasteiger charge is 2.13. The fourth-order valence-electron chi connectivity index (χ4n) is 2.37. The maximum absolute atomic E-state index is 12.3. The number of carbonyl (C=O) groups is 1.